The normalized spacial score (nSPS) is 25.2. The minimum atomic E-state index is 0.163. The van der Waals surface area contributed by atoms with Crippen LogP contribution in [0.1, 0.15) is 20.3 Å². The number of nitrogens with zero attached hydrogens (tertiary/aromatic N) is 1. The SMILES string of the molecule is C=CCN(CCC)C(=O)C1CNCC1C. The molecule has 1 saturated heterocycles. The monoisotopic (exact) mass is 210 g/mol. The van der Waals surface area contributed by atoms with Crippen molar-refractivity contribution >= 4 is 5.91 Å². The van der Waals surface area contributed by atoms with Gasteiger partial charge in [-0.2, -0.15) is 0 Å². The average Bonchev–Trinajstić information content (AvgIpc) is 2.63. The minimum Gasteiger partial charge on any atom is -0.339 e. The summed E-state index contributed by atoms with van der Waals surface area (Å²) >= 11 is 0. The van der Waals surface area contributed by atoms with Crippen molar-refractivity contribution in [3.05, 3.63) is 12.7 Å². The Bertz CT molecular complexity index is 228. The van der Waals surface area contributed by atoms with Gasteiger partial charge in [0.25, 0.3) is 0 Å². The Morgan fingerprint density at radius 1 is 1.60 bits per heavy atom. The smallest absolute Gasteiger partial charge is 0.227 e. The Morgan fingerprint density at radius 2 is 2.33 bits per heavy atom. The van der Waals surface area contributed by atoms with Crippen molar-refractivity contribution in [3.63, 3.8) is 0 Å². The molecule has 1 aliphatic rings. The predicted molar refractivity (Wildman–Crippen MR) is 62.6 cm³/mol. The standard InChI is InChI=1S/C12H22N2O/c1-4-6-14(7-5-2)12(15)11-9-13-8-10(11)3/h4,10-11,13H,1,5-9H2,2-3H3. The molecule has 1 rings (SSSR count). The van der Waals surface area contributed by atoms with Crippen LogP contribution in [0.4, 0.5) is 0 Å². The molecule has 1 fully saturated rings. The summed E-state index contributed by atoms with van der Waals surface area (Å²) in [6, 6.07) is 0. The first kappa shape index (κ1) is 12.2. The second kappa shape index (κ2) is 5.91. The fourth-order valence-electron chi connectivity index (χ4n) is 2.09. The quantitative estimate of drug-likeness (QED) is 0.693. The molecule has 0 saturated carbocycles. The molecule has 0 spiro atoms. The van der Waals surface area contributed by atoms with E-state index in [0.29, 0.717) is 12.5 Å². The second-order valence-corrected chi connectivity index (χ2v) is 4.31. The lowest BCUT2D eigenvalue weighted by molar-refractivity contribution is -0.135. The van der Waals surface area contributed by atoms with Crippen LogP contribution in [0, 0.1) is 11.8 Å². The lowest BCUT2D eigenvalue weighted by Crippen LogP contribution is -2.39. The van der Waals surface area contributed by atoms with Crippen molar-refractivity contribution in [1.29, 1.82) is 0 Å². The number of carbonyl (C=O) groups is 1. The highest BCUT2D eigenvalue weighted by atomic mass is 16.2. The zero-order valence-corrected chi connectivity index (χ0v) is 9.83. The third-order valence-corrected chi connectivity index (χ3v) is 2.99. The van der Waals surface area contributed by atoms with Crippen LogP contribution in [0.15, 0.2) is 12.7 Å². The first-order valence-corrected chi connectivity index (χ1v) is 5.81. The number of carbonyl (C=O) groups excluding carboxylic acids is 1. The number of hydrogen-bond donors (Lipinski definition) is 1. The number of hydrogen-bond acceptors (Lipinski definition) is 2. The summed E-state index contributed by atoms with van der Waals surface area (Å²) in [6.45, 7) is 11.2. The topological polar surface area (TPSA) is 32.3 Å². The second-order valence-electron chi connectivity index (χ2n) is 4.31. The Labute approximate surface area is 92.5 Å². The molecule has 0 bridgehead atoms. The van der Waals surface area contributed by atoms with E-state index in [0.717, 1.165) is 26.1 Å². The summed E-state index contributed by atoms with van der Waals surface area (Å²) in [5.41, 5.74) is 0. The molecule has 3 heteroatoms. The van der Waals surface area contributed by atoms with Crippen LogP contribution in [0.5, 0.6) is 0 Å². The molecule has 86 valence electrons. The van der Waals surface area contributed by atoms with E-state index < -0.39 is 0 Å². The maximum Gasteiger partial charge on any atom is 0.227 e. The van der Waals surface area contributed by atoms with Crippen molar-refractivity contribution in [1.82, 2.24) is 10.2 Å². The maximum atomic E-state index is 12.2. The van der Waals surface area contributed by atoms with Crippen molar-refractivity contribution in [3.8, 4) is 0 Å². The first-order valence-electron chi connectivity index (χ1n) is 5.81. The molecule has 0 radical (unpaired) electrons. The third kappa shape index (κ3) is 3.06. The van der Waals surface area contributed by atoms with E-state index in [1.165, 1.54) is 0 Å². The fourth-order valence-corrected chi connectivity index (χ4v) is 2.09. The molecule has 2 atom stereocenters. The van der Waals surface area contributed by atoms with E-state index in [4.69, 9.17) is 0 Å². The van der Waals surface area contributed by atoms with Gasteiger partial charge in [0.1, 0.15) is 0 Å². The Hall–Kier alpha value is -0.830. The molecule has 0 aromatic rings. The van der Waals surface area contributed by atoms with Gasteiger partial charge in [-0.1, -0.05) is 19.9 Å². The fraction of sp³-hybridized carbons (Fsp3) is 0.750. The number of rotatable bonds is 5. The highest BCUT2D eigenvalue weighted by molar-refractivity contribution is 5.79. The van der Waals surface area contributed by atoms with Gasteiger partial charge in [-0.15, -0.1) is 6.58 Å². The summed E-state index contributed by atoms with van der Waals surface area (Å²) < 4.78 is 0. The summed E-state index contributed by atoms with van der Waals surface area (Å²) in [7, 11) is 0. The van der Waals surface area contributed by atoms with E-state index in [-0.39, 0.29) is 11.8 Å². The van der Waals surface area contributed by atoms with Gasteiger partial charge in [0.05, 0.1) is 5.92 Å². The molecular formula is C12H22N2O. The van der Waals surface area contributed by atoms with Gasteiger partial charge in [-0.25, -0.2) is 0 Å². The largest absolute Gasteiger partial charge is 0.339 e. The van der Waals surface area contributed by atoms with Crippen LogP contribution in [0.2, 0.25) is 0 Å². The number of nitrogens with one attached hydrogen (secondary N) is 1. The average molecular weight is 210 g/mol. The van der Waals surface area contributed by atoms with Gasteiger partial charge in [0, 0.05) is 19.6 Å². The van der Waals surface area contributed by atoms with Crippen LogP contribution in [-0.4, -0.2) is 37.0 Å². The van der Waals surface area contributed by atoms with Crippen LogP contribution in [0.3, 0.4) is 0 Å². The van der Waals surface area contributed by atoms with Crippen molar-refractivity contribution in [2.24, 2.45) is 11.8 Å². The number of amides is 1. The van der Waals surface area contributed by atoms with E-state index >= 15 is 0 Å². The van der Waals surface area contributed by atoms with Crippen LogP contribution >= 0.6 is 0 Å². The Balaban J connectivity index is 2.57. The zero-order chi connectivity index (χ0) is 11.3. The van der Waals surface area contributed by atoms with Crippen molar-refractivity contribution < 1.29 is 4.79 Å². The van der Waals surface area contributed by atoms with Crippen LogP contribution in [-0.2, 0) is 4.79 Å². The van der Waals surface area contributed by atoms with Crippen molar-refractivity contribution in [2.45, 2.75) is 20.3 Å². The van der Waals surface area contributed by atoms with E-state index in [2.05, 4.69) is 25.7 Å². The van der Waals surface area contributed by atoms with E-state index in [1.807, 2.05) is 4.90 Å². The molecule has 3 nitrogen and oxygen atoms in total. The Kier molecular flexibility index (Phi) is 4.82. The first-order chi connectivity index (χ1) is 7.20. The van der Waals surface area contributed by atoms with Gasteiger partial charge in [0.2, 0.25) is 5.91 Å². The summed E-state index contributed by atoms with van der Waals surface area (Å²) in [5, 5.41) is 3.27. The van der Waals surface area contributed by atoms with E-state index in [9.17, 15) is 4.79 Å². The van der Waals surface area contributed by atoms with Gasteiger partial charge in [-0.3, -0.25) is 4.79 Å². The minimum absolute atomic E-state index is 0.163. The molecule has 1 amide bonds. The third-order valence-electron chi connectivity index (χ3n) is 2.99. The van der Waals surface area contributed by atoms with Gasteiger partial charge < -0.3 is 10.2 Å². The Morgan fingerprint density at radius 3 is 2.80 bits per heavy atom. The molecule has 1 heterocycles. The molecular weight excluding hydrogens is 188 g/mol. The lowest BCUT2D eigenvalue weighted by atomic mass is 9.96. The van der Waals surface area contributed by atoms with Crippen LogP contribution in [0.25, 0.3) is 0 Å². The highest BCUT2D eigenvalue weighted by Crippen LogP contribution is 2.18. The highest BCUT2D eigenvalue weighted by Gasteiger charge is 2.31. The van der Waals surface area contributed by atoms with Crippen molar-refractivity contribution in [2.75, 3.05) is 26.2 Å². The maximum absolute atomic E-state index is 12.2. The zero-order valence-electron chi connectivity index (χ0n) is 9.83. The molecule has 0 aromatic heterocycles. The predicted octanol–water partition coefficient (Wildman–Crippen LogP) is 1.27. The molecule has 1 aliphatic heterocycles. The molecule has 1 N–H and O–H groups in total. The van der Waals surface area contributed by atoms with Gasteiger partial charge in [0.15, 0.2) is 0 Å². The van der Waals surface area contributed by atoms with Gasteiger partial charge in [-0.05, 0) is 18.9 Å². The molecule has 2 unspecified atom stereocenters. The summed E-state index contributed by atoms with van der Waals surface area (Å²) in [4.78, 5) is 14.1. The van der Waals surface area contributed by atoms with Gasteiger partial charge >= 0.3 is 0 Å². The van der Waals surface area contributed by atoms with E-state index in [1.54, 1.807) is 6.08 Å². The van der Waals surface area contributed by atoms with Crippen LogP contribution < -0.4 is 5.32 Å². The molecule has 0 aromatic carbocycles. The summed E-state index contributed by atoms with van der Waals surface area (Å²) in [5.74, 6) is 0.910. The summed E-state index contributed by atoms with van der Waals surface area (Å²) in [6.07, 6.45) is 2.81. The molecule has 0 aliphatic carbocycles. The lowest BCUT2D eigenvalue weighted by Gasteiger charge is -2.25. The molecule has 15 heavy (non-hydrogen) atoms.